The van der Waals surface area contributed by atoms with Crippen LogP contribution in [0.3, 0.4) is 0 Å². The number of nitrogens with one attached hydrogen (secondary N) is 1. The molecule has 5 nitrogen and oxygen atoms in total. The van der Waals surface area contributed by atoms with Crippen LogP contribution in [0.15, 0.2) is 61.1 Å². The molecule has 0 saturated heterocycles. The Morgan fingerprint density at radius 3 is 2.70 bits per heavy atom. The second-order valence-corrected chi connectivity index (χ2v) is 6.71. The van der Waals surface area contributed by atoms with E-state index in [2.05, 4.69) is 15.3 Å². The highest BCUT2D eigenvalue weighted by atomic mass is 35.5. The van der Waals surface area contributed by atoms with Gasteiger partial charge in [0.15, 0.2) is 0 Å². The fourth-order valence-corrected chi connectivity index (χ4v) is 2.86. The smallest absolute Gasteiger partial charge is 0.253 e. The van der Waals surface area contributed by atoms with Crippen molar-refractivity contribution in [1.29, 1.82) is 0 Å². The van der Waals surface area contributed by atoms with Crippen molar-refractivity contribution in [3.8, 4) is 0 Å². The molecule has 6 heteroatoms. The highest BCUT2D eigenvalue weighted by molar-refractivity contribution is 6.31. The van der Waals surface area contributed by atoms with E-state index in [-0.39, 0.29) is 5.91 Å². The van der Waals surface area contributed by atoms with Crippen molar-refractivity contribution in [2.45, 2.75) is 13.3 Å². The molecule has 0 radical (unpaired) electrons. The van der Waals surface area contributed by atoms with Gasteiger partial charge in [0.25, 0.3) is 5.91 Å². The first-order valence-corrected chi connectivity index (χ1v) is 9.05. The number of anilines is 2. The summed E-state index contributed by atoms with van der Waals surface area (Å²) in [7, 11) is 1.80. The molecular formula is C21H21ClN4O. The van der Waals surface area contributed by atoms with Gasteiger partial charge in [-0.3, -0.25) is 9.78 Å². The molecule has 0 aliphatic heterocycles. The van der Waals surface area contributed by atoms with Crippen molar-refractivity contribution in [3.05, 3.63) is 82.8 Å². The molecular weight excluding hydrogens is 360 g/mol. The average molecular weight is 381 g/mol. The molecule has 0 saturated carbocycles. The Labute approximate surface area is 164 Å². The van der Waals surface area contributed by atoms with Gasteiger partial charge in [-0.05, 0) is 60.9 Å². The quantitative estimate of drug-likeness (QED) is 0.684. The van der Waals surface area contributed by atoms with E-state index in [1.807, 2.05) is 37.3 Å². The van der Waals surface area contributed by atoms with Gasteiger partial charge in [-0.25, -0.2) is 4.98 Å². The monoisotopic (exact) mass is 380 g/mol. The van der Waals surface area contributed by atoms with E-state index in [1.54, 1.807) is 42.7 Å². The summed E-state index contributed by atoms with van der Waals surface area (Å²) in [5.74, 6) is 0.561. The normalized spacial score (nSPS) is 10.5. The Balaban J connectivity index is 1.68. The van der Waals surface area contributed by atoms with E-state index in [0.717, 1.165) is 23.2 Å². The Bertz CT molecular complexity index is 930. The van der Waals surface area contributed by atoms with E-state index >= 15 is 0 Å². The van der Waals surface area contributed by atoms with Gasteiger partial charge >= 0.3 is 0 Å². The van der Waals surface area contributed by atoms with E-state index in [0.29, 0.717) is 22.9 Å². The molecule has 2 heterocycles. The molecule has 0 atom stereocenters. The molecule has 1 aromatic carbocycles. The third-order valence-electron chi connectivity index (χ3n) is 4.37. The lowest BCUT2D eigenvalue weighted by molar-refractivity contribution is 0.0796. The number of benzene rings is 1. The zero-order valence-corrected chi connectivity index (χ0v) is 16.1. The van der Waals surface area contributed by atoms with Gasteiger partial charge in [-0.2, -0.15) is 0 Å². The van der Waals surface area contributed by atoms with Crippen molar-refractivity contribution in [1.82, 2.24) is 14.9 Å². The number of halogens is 1. The summed E-state index contributed by atoms with van der Waals surface area (Å²) < 4.78 is 0. The third-order valence-corrected chi connectivity index (χ3v) is 4.78. The molecule has 2 aromatic heterocycles. The molecule has 0 spiro atoms. The SMILES string of the molecule is Cc1c(Cl)cccc1Nc1cc(C(=O)N(C)CCc2ccncc2)ccn1. The van der Waals surface area contributed by atoms with Crippen molar-refractivity contribution in [3.63, 3.8) is 0 Å². The maximum absolute atomic E-state index is 12.7. The number of hydrogen-bond donors (Lipinski definition) is 1. The second-order valence-electron chi connectivity index (χ2n) is 6.30. The van der Waals surface area contributed by atoms with Crippen LogP contribution in [0.5, 0.6) is 0 Å². The predicted molar refractivity (Wildman–Crippen MR) is 109 cm³/mol. The van der Waals surface area contributed by atoms with E-state index in [1.165, 1.54) is 0 Å². The standard InChI is InChI=1S/C21H21ClN4O/c1-15-18(22)4-3-5-19(15)25-20-14-17(8-12-24-20)21(27)26(2)13-9-16-6-10-23-11-7-16/h3-8,10-12,14H,9,13H2,1-2H3,(H,24,25). The molecule has 0 bridgehead atoms. The molecule has 3 rings (SSSR count). The number of carbonyl (C=O) groups is 1. The Kier molecular flexibility index (Phi) is 6.04. The van der Waals surface area contributed by atoms with Crippen molar-refractivity contribution in [2.75, 3.05) is 18.9 Å². The minimum absolute atomic E-state index is 0.0441. The molecule has 0 aliphatic carbocycles. The summed E-state index contributed by atoms with van der Waals surface area (Å²) in [5.41, 5.74) is 3.54. The van der Waals surface area contributed by atoms with E-state index in [4.69, 9.17) is 11.6 Å². The van der Waals surface area contributed by atoms with Crippen LogP contribution >= 0.6 is 11.6 Å². The van der Waals surface area contributed by atoms with Gasteiger partial charge in [-0.1, -0.05) is 17.7 Å². The maximum atomic E-state index is 12.7. The minimum atomic E-state index is -0.0441. The number of rotatable bonds is 6. The average Bonchev–Trinajstić information content (AvgIpc) is 2.70. The lowest BCUT2D eigenvalue weighted by Crippen LogP contribution is -2.28. The number of likely N-dealkylation sites (N-methyl/N-ethyl adjacent to an activating group) is 1. The van der Waals surface area contributed by atoms with Gasteiger partial charge in [0.2, 0.25) is 0 Å². The van der Waals surface area contributed by atoms with Crippen LogP contribution in [0.4, 0.5) is 11.5 Å². The molecule has 1 amide bonds. The molecule has 3 aromatic rings. The Morgan fingerprint density at radius 1 is 1.15 bits per heavy atom. The fraction of sp³-hybridized carbons (Fsp3) is 0.190. The maximum Gasteiger partial charge on any atom is 0.253 e. The zero-order chi connectivity index (χ0) is 19.2. The van der Waals surface area contributed by atoms with Crippen LogP contribution < -0.4 is 5.32 Å². The lowest BCUT2D eigenvalue weighted by atomic mass is 10.1. The first-order valence-electron chi connectivity index (χ1n) is 8.67. The van der Waals surface area contributed by atoms with Gasteiger partial charge in [0.1, 0.15) is 5.82 Å². The first-order chi connectivity index (χ1) is 13.0. The highest BCUT2D eigenvalue weighted by Crippen LogP contribution is 2.25. The van der Waals surface area contributed by atoms with Crippen LogP contribution in [0.2, 0.25) is 5.02 Å². The van der Waals surface area contributed by atoms with Crippen LogP contribution in [0, 0.1) is 6.92 Å². The Hall–Kier alpha value is -2.92. The van der Waals surface area contributed by atoms with Crippen LogP contribution in [-0.4, -0.2) is 34.4 Å². The van der Waals surface area contributed by atoms with Crippen LogP contribution in [-0.2, 0) is 6.42 Å². The molecule has 0 aliphatic rings. The number of nitrogens with zero attached hydrogens (tertiary/aromatic N) is 3. The fourth-order valence-electron chi connectivity index (χ4n) is 2.68. The molecule has 0 fully saturated rings. The summed E-state index contributed by atoms with van der Waals surface area (Å²) in [6.07, 6.45) is 5.93. The number of amides is 1. The zero-order valence-electron chi connectivity index (χ0n) is 15.3. The second kappa shape index (κ2) is 8.64. The minimum Gasteiger partial charge on any atom is -0.341 e. The molecule has 0 unspecified atom stereocenters. The van der Waals surface area contributed by atoms with Gasteiger partial charge < -0.3 is 10.2 Å². The number of carbonyl (C=O) groups excluding carboxylic acids is 1. The van der Waals surface area contributed by atoms with Crippen molar-refractivity contribution >= 4 is 29.0 Å². The Morgan fingerprint density at radius 2 is 1.93 bits per heavy atom. The largest absolute Gasteiger partial charge is 0.341 e. The molecule has 1 N–H and O–H groups in total. The highest BCUT2D eigenvalue weighted by Gasteiger charge is 2.13. The van der Waals surface area contributed by atoms with Gasteiger partial charge in [-0.15, -0.1) is 0 Å². The first kappa shape index (κ1) is 18.9. The third kappa shape index (κ3) is 4.83. The predicted octanol–water partition coefficient (Wildman–Crippen LogP) is 4.50. The summed E-state index contributed by atoms with van der Waals surface area (Å²) in [6.45, 7) is 2.56. The van der Waals surface area contributed by atoms with E-state index < -0.39 is 0 Å². The van der Waals surface area contributed by atoms with E-state index in [9.17, 15) is 4.79 Å². The summed E-state index contributed by atoms with van der Waals surface area (Å²) >= 11 is 6.16. The van der Waals surface area contributed by atoms with Crippen molar-refractivity contribution < 1.29 is 4.79 Å². The summed E-state index contributed by atoms with van der Waals surface area (Å²) in [5, 5.41) is 3.92. The number of hydrogen-bond acceptors (Lipinski definition) is 4. The number of pyridine rings is 2. The summed E-state index contributed by atoms with van der Waals surface area (Å²) in [6, 6.07) is 13.0. The lowest BCUT2D eigenvalue weighted by Gasteiger charge is -2.18. The van der Waals surface area contributed by atoms with Gasteiger partial charge in [0.05, 0.1) is 0 Å². The van der Waals surface area contributed by atoms with Gasteiger partial charge in [0, 0.05) is 48.5 Å². The molecule has 27 heavy (non-hydrogen) atoms. The number of aromatic nitrogens is 2. The van der Waals surface area contributed by atoms with Crippen molar-refractivity contribution in [2.24, 2.45) is 0 Å². The summed E-state index contributed by atoms with van der Waals surface area (Å²) in [4.78, 5) is 22.8. The molecule has 138 valence electrons. The van der Waals surface area contributed by atoms with Crippen LogP contribution in [0.25, 0.3) is 0 Å². The van der Waals surface area contributed by atoms with Crippen LogP contribution in [0.1, 0.15) is 21.5 Å². The topological polar surface area (TPSA) is 58.1 Å².